The Morgan fingerprint density at radius 2 is 1.95 bits per heavy atom. The molecule has 0 heterocycles. The Labute approximate surface area is 125 Å². The Balaban J connectivity index is 2.24. The largest absolute Gasteiger partial charge is 0.516 e. The fourth-order valence-corrected chi connectivity index (χ4v) is 2.74. The van der Waals surface area contributed by atoms with Gasteiger partial charge in [0.05, 0.1) is 27.1 Å². The molecular formula is C16H22O5. The van der Waals surface area contributed by atoms with E-state index >= 15 is 0 Å². The number of fused-ring (bicyclic) bond motifs is 1. The molecule has 1 aliphatic carbocycles. The summed E-state index contributed by atoms with van der Waals surface area (Å²) in [6.45, 7) is 2.58. The van der Waals surface area contributed by atoms with Crippen molar-refractivity contribution in [3.63, 3.8) is 0 Å². The highest BCUT2D eigenvalue weighted by Gasteiger charge is 2.28. The summed E-state index contributed by atoms with van der Waals surface area (Å²) in [4.78, 5) is 9.98. The van der Waals surface area contributed by atoms with E-state index < -0.39 is 0 Å². The van der Waals surface area contributed by atoms with Crippen LogP contribution in [0.15, 0.2) is 24.0 Å². The van der Waals surface area contributed by atoms with Gasteiger partial charge in [0.25, 0.3) is 0 Å². The fraction of sp³-hybridized carbons (Fsp3) is 0.500. The summed E-state index contributed by atoms with van der Waals surface area (Å²) < 4.78 is 10.7. The van der Waals surface area contributed by atoms with Crippen molar-refractivity contribution in [3.8, 4) is 11.5 Å². The second-order valence-corrected chi connectivity index (χ2v) is 4.87. The van der Waals surface area contributed by atoms with E-state index in [9.17, 15) is 5.11 Å². The molecule has 0 spiro atoms. The highest BCUT2D eigenvalue weighted by Crippen LogP contribution is 2.43. The van der Waals surface area contributed by atoms with Crippen molar-refractivity contribution in [2.75, 3.05) is 27.4 Å². The maximum Gasteiger partial charge on any atom is 0.161 e. The summed E-state index contributed by atoms with van der Waals surface area (Å²) in [5, 5.41) is 9.49. The molecule has 1 unspecified atom stereocenters. The van der Waals surface area contributed by atoms with Gasteiger partial charge in [0.1, 0.15) is 6.61 Å². The number of rotatable bonds is 7. The molecule has 5 heteroatoms. The van der Waals surface area contributed by atoms with Gasteiger partial charge >= 0.3 is 0 Å². The summed E-state index contributed by atoms with van der Waals surface area (Å²) in [6, 6.07) is 3.99. The van der Waals surface area contributed by atoms with Crippen LogP contribution in [0.5, 0.6) is 11.5 Å². The number of benzene rings is 1. The second kappa shape index (κ2) is 7.33. The molecule has 0 aliphatic heterocycles. The van der Waals surface area contributed by atoms with Crippen LogP contribution in [0.2, 0.25) is 0 Å². The van der Waals surface area contributed by atoms with Crippen LogP contribution in [-0.4, -0.2) is 32.5 Å². The van der Waals surface area contributed by atoms with E-state index in [1.807, 2.05) is 19.1 Å². The SMILES string of the molecule is CCOOC/C(=C/O)C1CCc2cc(OC)c(OC)cc21. The van der Waals surface area contributed by atoms with Crippen LogP contribution >= 0.6 is 0 Å². The van der Waals surface area contributed by atoms with Gasteiger partial charge in [-0.1, -0.05) is 0 Å². The molecule has 0 bridgehead atoms. The predicted molar refractivity (Wildman–Crippen MR) is 78.9 cm³/mol. The lowest BCUT2D eigenvalue weighted by Crippen LogP contribution is -2.07. The van der Waals surface area contributed by atoms with Gasteiger partial charge in [-0.15, -0.1) is 0 Å². The second-order valence-electron chi connectivity index (χ2n) is 4.87. The average molecular weight is 294 g/mol. The van der Waals surface area contributed by atoms with Gasteiger partial charge in [0.15, 0.2) is 11.5 Å². The lowest BCUT2D eigenvalue weighted by atomic mass is 9.93. The molecule has 0 aromatic heterocycles. The zero-order chi connectivity index (χ0) is 15.2. The molecule has 1 atom stereocenters. The molecule has 1 aromatic carbocycles. The van der Waals surface area contributed by atoms with Gasteiger partial charge < -0.3 is 14.6 Å². The molecular weight excluding hydrogens is 272 g/mol. The number of aryl methyl sites for hydroxylation is 1. The smallest absolute Gasteiger partial charge is 0.161 e. The first kappa shape index (κ1) is 15.7. The lowest BCUT2D eigenvalue weighted by molar-refractivity contribution is -0.285. The third-order valence-electron chi connectivity index (χ3n) is 3.76. The fourth-order valence-electron chi connectivity index (χ4n) is 2.74. The van der Waals surface area contributed by atoms with Crippen molar-refractivity contribution < 1.29 is 24.4 Å². The zero-order valence-electron chi connectivity index (χ0n) is 12.7. The van der Waals surface area contributed by atoms with Crippen molar-refractivity contribution in [3.05, 3.63) is 35.1 Å². The maximum atomic E-state index is 9.49. The number of methoxy groups -OCH3 is 2. The zero-order valence-corrected chi connectivity index (χ0v) is 12.7. The van der Waals surface area contributed by atoms with Crippen LogP contribution in [0, 0.1) is 0 Å². The first-order chi connectivity index (χ1) is 10.2. The predicted octanol–water partition coefficient (Wildman–Crippen LogP) is 3.14. The third kappa shape index (κ3) is 3.31. The van der Waals surface area contributed by atoms with Crippen molar-refractivity contribution >= 4 is 0 Å². The Morgan fingerprint density at radius 3 is 2.57 bits per heavy atom. The van der Waals surface area contributed by atoms with Crippen LogP contribution in [-0.2, 0) is 16.2 Å². The van der Waals surface area contributed by atoms with Crippen LogP contribution in [0.1, 0.15) is 30.4 Å². The molecule has 1 N–H and O–H groups in total. The van der Waals surface area contributed by atoms with Crippen LogP contribution in [0.25, 0.3) is 0 Å². The van der Waals surface area contributed by atoms with Gasteiger partial charge in [-0.05, 0) is 43.0 Å². The third-order valence-corrected chi connectivity index (χ3v) is 3.76. The highest BCUT2D eigenvalue weighted by molar-refractivity contribution is 5.52. The quantitative estimate of drug-likeness (QED) is 0.362. The first-order valence-electron chi connectivity index (χ1n) is 7.07. The molecule has 0 saturated heterocycles. The normalized spacial score (nSPS) is 17.7. The molecule has 2 rings (SSSR count). The first-order valence-corrected chi connectivity index (χ1v) is 7.07. The summed E-state index contributed by atoms with van der Waals surface area (Å²) in [5.74, 6) is 1.55. The molecule has 1 aliphatic rings. The van der Waals surface area contributed by atoms with E-state index in [-0.39, 0.29) is 12.5 Å². The molecule has 0 radical (unpaired) electrons. The van der Waals surface area contributed by atoms with Crippen LogP contribution in [0.4, 0.5) is 0 Å². The standard InChI is InChI=1S/C16H22O5/c1-4-20-21-10-12(9-17)13-6-5-11-7-15(18-2)16(19-3)8-14(11)13/h7-9,13,17H,4-6,10H2,1-3H3/b12-9-. The summed E-state index contributed by atoms with van der Waals surface area (Å²) in [6.07, 6.45) is 2.98. The molecule has 5 nitrogen and oxygen atoms in total. The minimum absolute atomic E-state index is 0.116. The topological polar surface area (TPSA) is 57.2 Å². The van der Waals surface area contributed by atoms with E-state index in [1.165, 1.54) is 5.56 Å². The molecule has 1 aromatic rings. The molecule has 0 amide bonds. The van der Waals surface area contributed by atoms with Crippen molar-refractivity contribution in [1.29, 1.82) is 0 Å². The molecule has 116 valence electrons. The number of aliphatic hydroxyl groups excluding tert-OH is 1. The van der Waals surface area contributed by atoms with Gasteiger partial charge in [-0.3, -0.25) is 0 Å². The summed E-state index contributed by atoms with van der Waals surface area (Å²) in [7, 11) is 3.25. The van der Waals surface area contributed by atoms with Crippen molar-refractivity contribution in [2.45, 2.75) is 25.7 Å². The van der Waals surface area contributed by atoms with Crippen molar-refractivity contribution in [2.24, 2.45) is 0 Å². The van der Waals surface area contributed by atoms with Gasteiger partial charge in [0.2, 0.25) is 0 Å². The Hall–Kier alpha value is -1.72. The Morgan fingerprint density at radius 1 is 1.24 bits per heavy atom. The Kier molecular flexibility index (Phi) is 5.47. The van der Waals surface area contributed by atoms with E-state index in [4.69, 9.17) is 19.2 Å². The van der Waals surface area contributed by atoms with E-state index in [0.717, 1.165) is 36.0 Å². The monoisotopic (exact) mass is 294 g/mol. The summed E-state index contributed by atoms with van der Waals surface area (Å²) in [5.41, 5.74) is 3.16. The van der Waals surface area contributed by atoms with E-state index in [1.54, 1.807) is 14.2 Å². The lowest BCUT2D eigenvalue weighted by Gasteiger charge is -2.17. The number of hydrogen-bond donors (Lipinski definition) is 1. The average Bonchev–Trinajstić information content (AvgIpc) is 2.93. The van der Waals surface area contributed by atoms with Crippen LogP contribution < -0.4 is 9.47 Å². The van der Waals surface area contributed by atoms with Gasteiger partial charge in [-0.2, -0.15) is 0 Å². The van der Waals surface area contributed by atoms with Gasteiger partial charge in [-0.25, -0.2) is 9.78 Å². The summed E-state index contributed by atoms with van der Waals surface area (Å²) >= 11 is 0. The molecule has 0 fully saturated rings. The number of aliphatic hydroxyl groups is 1. The minimum Gasteiger partial charge on any atom is -0.516 e. The van der Waals surface area contributed by atoms with E-state index in [2.05, 4.69) is 0 Å². The highest BCUT2D eigenvalue weighted by atomic mass is 17.2. The van der Waals surface area contributed by atoms with Crippen molar-refractivity contribution in [1.82, 2.24) is 0 Å². The van der Waals surface area contributed by atoms with Crippen LogP contribution in [0.3, 0.4) is 0 Å². The van der Waals surface area contributed by atoms with Gasteiger partial charge in [0, 0.05) is 11.5 Å². The molecule has 0 saturated carbocycles. The molecule has 21 heavy (non-hydrogen) atoms. The number of ether oxygens (including phenoxy) is 2. The van der Waals surface area contributed by atoms with E-state index in [0.29, 0.717) is 12.4 Å². The minimum atomic E-state index is 0.116. The maximum absolute atomic E-state index is 9.49. The Bertz CT molecular complexity index is 510. The number of hydrogen-bond acceptors (Lipinski definition) is 5.